The highest BCUT2D eigenvalue weighted by atomic mass is 35.5. The first-order valence-corrected chi connectivity index (χ1v) is 8.87. The number of ketones is 1. The monoisotopic (exact) mass is 361 g/mol. The van der Waals surface area contributed by atoms with Crippen LogP contribution in [-0.4, -0.2) is 22.6 Å². The predicted molar refractivity (Wildman–Crippen MR) is 92.8 cm³/mol. The second-order valence-electron chi connectivity index (χ2n) is 5.70. The van der Waals surface area contributed by atoms with Gasteiger partial charge in [0.1, 0.15) is 5.82 Å². The minimum absolute atomic E-state index is 0.0658. The molecule has 1 atom stereocenters. The zero-order valence-electron chi connectivity index (χ0n) is 12.6. The van der Waals surface area contributed by atoms with Crippen LogP contribution in [0.3, 0.4) is 0 Å². The van der Waals surface area contributed by atoms with E-state index in [0.717, 1.165) is 17.8 Å². The van der Waals surface area contributed by atoms with Crippen molar-refractivity contribution in [2.75, 3.05) is 0 Å². The molecule has 1 fully saturated rings. The van der Waals surface area contributed by atoms with Gasteiger partial charge in [-0.3, -0.25) is 4.79 Å². The minimum Gasteiger partial charge on any atom is -0.361 e. The second kappa shape index (κ2) is 6.11. The second-order valence-corrected chi connectivity index (χ2v) is 7.00. The van der Waals surface area contributed by atoms with Crippen LogP contribution in [0, 0.1) is 5.82 Å². The average molecular weight is 362 g/mol. The van der Waals surface area contributed by atoms with Crippen molar-refractivity contribution in [3.8, 4) is 0 Å². The number of amidine groups is 1. The summed E-state index contributed by atoms with van der Waals surface area (Å²) in [5, 5.41) is 6.19. The lowest BCUT2D eigenvalue weighted by Gasteiger charge is -2.31. The van der Waals surface area contributed by atoms with E-state index in [1.54, 1.807) is 12.3 Å². The Hall–Kier alpha value is -2.05. The third kappa shape index (κ3) is 2.65. The average Bonchev–Trinajstić information content (AvgIpc) is 3.09. The molecule has 1 aliphatic heterocycles. The molecule has 0 saturated heterocycles. The molecule has 4 nitrogen and oxygen atoms in total. The Balaban J connectivity index is 1.92. The summed E-state index contributed by atoms with van der Waals surface area (Å²) in [4.78, 5) is 21.4. The van der Waals surface area contributed by atoms with Gasteiger partial charge >= 0.3 is 0 Å². The van der Waals surface area contributed by atoms with Gasteiger partial charge in [-0.05, 0) is 31.0 Å². The fourth-order valence-corrected chi connectivity index (χ4v) is 3.93. The molecule has 2 heterocycles. The summed E-state index contributed by atoms with van der Waals surface area (Å²) in [5.41, 5.74) is 1.73. The summed E-state index contributed by atoms with van der Waals surface area (Å²) in [6.07, 6.45) is 3.88. The van der Waals surface area contributed by atoms with Crippen LogP contribution >= 0.6 is 22.9 Å². The van der Waals surface area contributed by atoms with E-state index in [-0.39, 0.29) is 16.8 Å². The molecular formula is C17H13ClFN3OS. The van der Waals surface area contributed by atoms with E-state index >= 15 is 0 Å². The van der Waals surface area contributed by atoms with E-state index in [2.05, 4.69) is 15.3 Å². The first-order chi connectivity index (χ1) is 11.6. The first-order valence-electron chi connectivity index (χ1n) is 7.61. The SMILES string of the molecule is O=C1CCCC2NC(c3nccs3)=NC(c3ccc(F)cc3Cl)=C12. The fourth-order valence-electron chi connectivity index (χ4n) is 3.09. The summed E-state index contributed by atoms with van der Waals surface area (Å²) < 4.78 is 13.4. The highest BCUT2D eigenvalue weighted by Gasteiger charge is 2.34. The topological polar surface area (TPSA) is 54.4 Å². The van der Waals surface area contributed by atoms with E-state index in [9.17, 15) is 9.18 Å². The van der Waals surface area contributed by atoms with E-state index in [0.29, 0.717) is 29.1 Å². The molecular weight excluding hydrogens is 349 g/mol. The van der Waals surface area contributed by atoms with Crippen LogP contribution in [0.25, 0.3) is 5.70 Å². The highest BCUT2D eigenvalue weighted by molar-refractivity contribution is 7.11. The van der Waals surface area contributed by atoms with Crippen LogP contribution in [0.4, 0.5) is 4.39 Å². The number of hydrogen-bond acceptors (Lipinski definition) is 5. The number of nitrogens with one attached hydrogen (secondary N) is 1. The molecule has 1 aliphatic carbocycles. The number of fused-ring (bicyclic) bond motifs is 1. The lowest BCUT2D eigenvalue weighted by molar-refractivity contribution is -0.116. The Morgan fingerprint density at radius 3 is 3.00 bits per heavy atom. The molecule has 7 heteroatoms. The smallest absolute Gasteiger partial charge is 0.163 e. The number of aromatic nitrogens is 1. The molecule has 24 heavy (non-hydrogen) atoms. The number of carbonyl (C=O) groups is 1. The number of Topliss-reactive ketones (excluding diaryl/α,β-unsaturated/α-hetero) is 1. The Kier molecular flexibility index (Phi) is 3.94. The number of aliphatic imine (C=N–C) groups is 1. The quantitative estimate of drug-likeness (QED) is 0.884. The van der Waals surface area contributed by atoms with Crippen molar-refractivity contribution in [3.63, 3.8) is 0 Å². The van der Waals surface area contributed by atoms with Gasteiger partial charge in [-0.25, -0.2) is 14.4 Å². The zero-order chi connectivity index (χ0) is 16.7. The first kappa shape index (κ1) is 15.5. The molecule has 1 aromatic carbocycles. The highest BCUT2D eigenvalue weighted by Crippen LogP contribution is 2.36. The Bertz CT molecular complexity index is 876. The molecule has 4 rings (SSSR count). The molecule has 2 aliphatic rings. The van der Waals surface area contributed by atoms with Crippen LogP contribution in [0.15, 0.2) is 40.3 Å². The van der Waals surface area contributed by atoms with Crippen molar-refractivity contribution < 1.29 is 9.18 Å². The number of hydrogen-bond donors (Lipinski definition) is 1. The summed E-state index contributed by atoms with van der Waals surface area (Å²) >= 11 is 7.69. The van der Waals surface area contributed by atoms with Gasteiger partial charge < -0.3 is 5.32 Å². The van der Waals surface area contributed by atoms with E-state index in [1.807, 2.05) is 5.38 Å². The van der Waals surface area contributed by atoms with Crippen molar-refractivity contribution in [1.29, 1.82) is 0 Å². The van der Waals surface area contributed by atoms with Crippen LogP contribution in [-0.2, 0) is 4.79 Å². The maximum atomic E-state index is 13.4. The van der Waals surface area contributed by atoms with Gasteiger partial charge in [0.05, 0.1) is 16.8 Å². The van der Waals surface area contributed by atoms with E-state index in [4.69, 9.17) is 11.6 Å². The maximum Gasteiger partial charge on any atom is 0.163 e. The molecule has 122 valence electrons. The number of carbonyl (C=O) groups excluding carboxylic acids is 1. The summed E-state index contributed by atoms with van der Waals surface area (Å²) in [5.74, 6) is 0.277. The summed E-state index contributed by atoms with van der Waals surface area (Å²) in [6, 6.07) is 4.04. The van der Waals surface area contributed by atoms with Crippen LogP contribution in [0.1, 0.15) is 29.8 Å². The Morgan fingerprint density at radius 1 is 1.38 bits per heavy atom. The molecule has 1 saturated carbocycles. The molecule has 0 radical (unpaired) electrons. The van der Waals surface area contributed by atoms with E-state index < -0.39 is 5.82 Å². The summed E-state index contributed by atoms with van der Waals surface area (Å²) in [6.45, 7) is 0. The lowest BCUT2D eigenvalue weighted by atomic mass is 9.85. The molecule has 0 amide bonds. The third-order valence-corrected chi connectivity index (χ3v) is 5.25. The van der Waals surface area contributed by atoms with Gasteiger partial charge in [-0.2, -0.15) is 0 Å². The number of benzene rings is 1. The molecule has 0 spiro atoms. The van der Waals surface area contributed by atoms with Crippen molar-refractivity contribution in [1.82, 2.24) is 10.3 Å². The summed E-state index contributed by atoms with van der Waals surface area (Å²) in [7, 11) is 0. The van der Waals surface area contributed by atoms with Gasteiger partial charge in [0, 0.05) is 29.1 Å². The van der Waals surface area contributed by atoms with E-state index in [1.165, 1.54) is 23.5 Å². The number of halogens is 2. The molecule has 2 aromatic rings. The van der Waals surface area contributed by atoms with Crippen molar-refractivity contribution in [3.05, 3.63) is 56.8 Å². The normalized spacial score (nSPS) is 20.5. The molecule has 1 aromatic heterocycles. The van der Waals surface area contributed by atoms with Crippen molar-refractivity contribution >= 4 is 40.3 Å². The van der Waals surface area contributed by atoms with Gasteiger partial charge in [0.25, 0.3) is 0 Å². The molecule has 0 bridgehead atoms. The van der Waals surface area contributed by atoms with Gasteiger partial charge in [-0.1, -0.05) is 11.6 Å². The number of nitrogens with zero attached hydrogens (tertiary/aromatic N) is 2. The fraction of sp³-hybridized carbons (Fsp3) is 0.235. The van der Waals surface area contributed by atoms with Gasteiger partial charge in [-0.15, -0.1) is 11.3 Å². The molecule has 1 unspecified atom stereocenters. The van der Waals surface area contributed by atoms with Crippen LogP contribution in [0.5, 0.6) is 0 Å². The van der Waals surface area contributed by atoms with Crippen LogP contribution < -0.4 is 5.32 Å². The third-order valence-electron chi connectivity index (χ3n) is 4.16. The standard InChI is InChI=1S/C17H13ClFN3OS/c18-11-8-9(19)4-5-10(11)15-14-12(2-1-3-13(14)23)21-16(22-15)17-20-6-7-24-17/h4-8,12H,1-3H2,(H,21,22). The minimum atomic E-state index is -0.418. The lowest BCUT2D eigenvalue weighted by Crippen LogP contribution is -2.44. The van der Waals surface area contributed by atoms with Crippen LogP contribution in [0.2, 0.25) is 5.02 Å². The largest absolute Gasteiger partial charge is 0.361 e. The maximum absolute atomic E-state index is 13.4. The van der Waals surface area contributed by atoms with Gasteiger partial charge in [0.15, 0.2) is 16.6 Å². The number of rotatable bonds is 2. The van der Waals surface area contributed by atoms with Gasteiger partial charge in [0.2, 0.25) is 0 Å². The van der Waals surface area contributed by atoms with Crippen molar-refractivity contribution in [2.45, 2.75) is 25.3 Å². The Labute approximate surface area is 147 Å². The number of thiazole rings is 1. The molecule has 1 N–H and O–H groups in total. The zero-order valence-corrected chi connectivity index (χ0v) is 14.1. The Morgan fingerprint density at radius 2 is 2.25 bits per heavy atom. The van der Waals surface area contributed by atoms with Crippen molar-refractivity contribution in [2.24, 2.45) is 4.99 Å². The predicted octanol–water partition coefficient (Wildman–Crippen LogP) is 3.82.